The van der Waals surface area contributed by atoms with Gasteiger partial charge in [-0.1, -0.05) is 23.7 Å². The van der Waals surface area contributed by atoms with Crippen LogP contribution < -0.4 is 10.1 Å². The van der Waals surface area contributed by atoms with Crippen LogP contribution in [0.15, 0.2) is 30.3 Å². The molecule has 2 N–H and O–H groups in total. The van der Waals surface area contributed by atoms with Crippen LogP contribution in [0.5, 0.6) is 5.88 Å². The Hall–Kier alpha value is -1.52. The molecule has 90 valence electrons. The van der Waals surface area contributed by atoms with Crippen molar-refractivity contribution in [3.05, 3.63) is 46.6 Å². The lowest BCUT2D eigenvalue weighted by atomic mass is 10.2. The van der Waals surface area contributed by atoms with E-state index in [1.165, 1.54) is 0 Å². The molecule has 1 aromatic heterocycles. The van der Waals surface area contributed by atoms with Crippen molar-refractivity contribution in [2.75, 3.05) is 7.05 Å². The van der Waals surface area contributed by atoms with Gasteiger partial charge >= 0.3 is 0 Å². The Balaban J connectivity index is 1.93. The summed E-state index contributed by atoms with van der Waals surface area (Å²) < 4.78 is 5.57. The van der Waals surface area contributed by atoms with E-state index in [4.69, 9.17) is 16.3 Å². The first-order valence-corrected chi connectivity index (χ1v) is 5.72. The molecular formula is C12H14ClN3O. The Labute approximate surface area is 105 Å². The number of hydrogen-bond donors (Lipinski definition) is 2. The Kier molecular flexibility index (Phi) is 4.01. The third kappa shape index (κ3) is 3.47. The van der Waals surface area contributed by atoms with Crippen molar-refractivity contribution >= 4 is 11.6 Å². The molecule has 0 saturated heterocycles. The molecule has 0 saturated carbocycles. The number of nitrogens with one attached hydrogen (secondary N) is 2. The molecule has 0 aliphatic rings. The van der Waals surface area contributed by atoms with Crippen LogP contribution in [0.25, 0.3) is 0 Å². The van der Waals surface area contributed by atoms with Gasteiger partial charge in [0.05, 0.1) is 5.69 Å². The first kappa shape index (κ1) is 12.0. The minimum Gasteiger partial charge on any atom is -0.473 e. The molecule has 5 heteroatoms. The number of rotatable bonds is 5. The topological polar surface area (TPSA) is 49.9 Å². The minimum atomic E-state index is 0.474. The fourth-order valence-electron chi connectivity index (χ4n) is 1.48. The molecule has 0 spiro atoms. The molecule has 0 amide bonds. The van der Waals surface area contributed by atoms with Crippen molar-refractivity contribution in [3.8, 4) is 5.88 Å². The number of ether oxygens (including phenoxy) is 1. The normalized spacial score (nSPS) is 10.5. The van der Waals surface area contributed by atoms with Crippen molar-refractivity contribution in [1.82, 2.24) is 15.5 Å². The summed E-state index contributed by atoms with van der Waals surface area (Å²) in [7, 11) is 1.88. The van der Waals surface area contributed by atoms with Gasteiger partial charge in [0, 0.05) is 17.6 Å². The van der Waals surface area contributed by atoms with E-state index in [-0.39, 0.29) is 0 Å². The maximum atomic E-state index is 5.89. The molecule has 0 atom stereocenters. The van der Waals surface area contributed by atoms with Crippen LogP contribution in [0.1, 0.15) is 11.3 Å². The molecule has 0 aliphatic carbocycles. The first-order chi connectivity index (χ1) is 8.28. The van der Waals surface area contributed by atoms with E-state index in [0.717, 1.165) is 17.8 Å². The lowest BCUT2D eigenvalue weighted by molar-refractivity contribution is 0.293. The van der Waals surface area contributed by atoms with E-state index >= 15 is 0 Å². The summed E-state index contributed by atoms with van der Waals surface area (Å²) in [6, 6.07) is 9.47. The Morgan fingerprint density at radius 2 is 2.29 bits per heavy atom. The van der Waals surface area contributed by atoms with E-state index in [2.05, 4.69) is 15.5 Å². The summed E-state index contributed by atoms with van der Waals surface area (Å²) in [6.45, 7) is 1.19. The van der Waals surface area contributed by atoms with E-state index in [1.807, 2.05) is 37.4 Å². The largest absolute Gasteiger partial charge is 0.473 e. The summed E-state index contributed by atoms with van der Waals surface area (Å²) in [5, 5.41) is 10.7. The molecule has 17 heavy (non-hydrogen) atoms. The number of nitrogens with zero attached hydrogens (tertiary/aromatic N) is 1. The highest BCUT2D eigenvalue weighted by Crippen LogP contribution is 2.14. The maximum Gasteiger partial charge on any atom is 0.209 e. The SMILES string of the molecule is CNCc1cc(OCc2cccc(Cl)c2)[nH]n1. The lowest BCUT2D eigenvalue weighted by Gasteiger charge is -2.03. The molecule has 1 heterocycles. The van der Waals surface area contributed by atoms with Gasteiger partial charge in [0.25, 0.3) is 0 Å². The van der Waals surface area contributed by atoms with E-state index in [9.17, 15) is 0 Å². The molecule has 0 unspecified atom stereocenters. The monoisotopic (exact) mass is 251 g/mol. The molecule has 0 fully saturated rings. The number of H-pyrrole nitrogens is 1. The standard InChI is InChI=1S/C12H14ClN3O/c1-14-7-11-6-12(16-15-11)17-8-9-3-2-4-10(13)5-9/h2-6,14H,7-8H2,1H3,(H,15,16). The van der Waals surface area contributed by atoms with E-state index in [0.29, 0.717) is 17.5 Å². The predicted molar refractivity (Wildman–Crippen MR) is 67.1 cm³/mol. The highest BCUT2D eigenvalue weighted by Gasteiger charge is 2.01. The van der Waals surface area contributed by atoms with Gasteiger partial charge in [0.15, 0.2) is 0 Å². The van der Waals surface area contributed by atoms with Crippen LogP contribution in [0.3, 0.4) is 0 Å². The van der Waals surface area contributed by atoms with Crippen molar-refractivity contribution in [2.45, 2.75) is 13.2 Å². The smallest absolute Gasteiger partial charge is 0.209 e. The van der Waals surface area contributed by atoms with E-state index < -0.39 is 0 Å². The van der Waals surface area contributed by atoms with Crippen LogP contribution in [0.4, 0.5) is 0 Å². The zero-order valence-corrected chi connectivity index (χ0v) is 10.3. The number of aromatic amines is 1. The second kappa shape index (κ2) is 5.70. The van der Waals surface area contributed by atoms with Crippen molar-refractivity contribution in [1.29, 1.82) is 0 Å². The molecule has 2 rings (SSSR count). The molecule has 1 aromatic carbocycles. The number of halogens is 1. The minimum absolute atomic E-state index is 0.474. The van der Waals surface area contributed by atoms with Gasteiger partial charge in [-0.25, -0.2) is 5.10 Å². The Bertz CT molecular complexity index is 484. The fraction of sp³-hybridized carbons (Fsp3) is 0.250. The van der Waals surface area contributed by atoms with Crippen molar-refractivity contribution in [3.63, 3.8) is 0 Å². The maximum absolute atomic E-state index is 5.89. The summed E-state index contributed by atoms with van der Waals surface area (Å²) >= 11 is 5.89. The quantitative estimate of drug-likeness (QED) is 0.858. The molecular weight excluding hydrogens is 238 g/mol. The summed E-state index contributed by atoms with van der Waals surface area (Å²) in [5.41, 5.74) is 1.95. The number of benzene rings is 1. The van der Waals surface area contributed by atoms with Crippen LogP contribution in [0, 0.1) is 0 Å². The summed E-state index contributed by atoms with van der Waals surface area (Å²) in [4.78, 5) is 0. The van der Waals surface area contributed by atoms with Gasteiger partial charge in [-0.05, 0) is 24.7 Å². The molecule has 4 nitrogen and oxygen atoms in total. The van der Waals surface area contributed by atoms with Crippen LogP contribution in [-0.2, 0) is 13.2 Å². The first-order valence-electron chi connectivity index (χ1n) is 5.34. The second-order valence-electron chi connectivity index (χ2n) is 3.67. The van der Waals surface area contributed by atoms with Crippen LogP contribution in [-0.4, -0.2) is 17.2 Å². The van der Waals surface area contributed by atoms with Gasteiger partial charge in [0.1, 0.15) is 6.61 Å². The summed E-state index contributed by atoms with van der Waals surface area (Å²) in [5.74, 6) is 0.662. The molecule has 0 bridgehead atoms. The zero-order valence-electron chi connectivity index (χ0n) is 9.53. The highest BCUT2D eigenvalue weighted by molar-refractivity contribution is 6.30. The summed E-state index contributed by atoms with van der Waals surface area (Å²) in [6.07, 6.45) is 0. The molecule has 0 radical (unpaired) electrons. The average Bonchev–Trinajstić information content (AvgIpc) is 2.75. The van der Waals surface area contributed by atoms with Crippen LogP contribution in [0.2, 0.25) is 5.02 Å². The Morgan fingerprint density at radius 1 is 1.41 bits per heavy atom. The van der Waals surface area contributed by atoms with Gasteiger partial charge in [0.2, 0.25) is 5.88 Å². The van der Waals surface area contributed by atoms with Gasteiger partial charge in [-0.3, -0.25) is 0 Å². The third-order valence-electron chi connectivity index (χ3n) is 2.25. The average molecular weight is 252 g/mol. The van der Waals surface area contributed by atoms with Gasteiger partial charge in [-0.2, -0.15) is 5.10 Å². The van der Waals surface area contributed by atoms with Crippen molar-refractivity contribution < 1.29 is 4.74 Å². The van der Waals surface area contributed by atoms with Crippen molar-refractivity contribution in [2.24, 2.45) is 0 Å². The Morgan fingerprint density at radius 3 is 3.06 bits per heavy atom. The molecule has 2 aromatic rings. The lowest BCUT2D eigenvalue weighted by Crippen LogP contribution is -2.04. The predicted octanol–water partition coefficient (Wildman–Crippen LogP) is 2.36. The van der Waals surface area contributed by atoms with Gasteiger partial charge in [-0.15, -0.1) is 0 Å². The highest BCUT2D eigenvalue weighted by atomic mass is 35.5. The fourth-order valence-corrected chi connectivity index (χ4v) is 1.69. The zero-order chi connectivity index (χ0) is 12.1. The third-order valence-corrected chi connectivity index (χ3v) is 2.48. The number of hydrogen-bond acceptors (Lipinski definition) is 3. The second-order valence-corrected chi connectivity index (χ2v) is 4.11. The van der Waals surface area contributed by atoms with Crippen LogP contribution >= 0.6 is 11.6 Å². The van der Waals surface area contributed by atoms with E-state index in [1.54, 1.807) is 0 Å². The molecule has 0 aliphatic heterocycles. The van der Waals surface area contributed by atoms with Gasteiger partial charge < -0.3 is 10.1 Å². The number of aromatic nitrogens is 2.